The minimum absolute atomic E-state index is 0.260. The Morgan fingerprint density at radius 2 is 2.32 bits per heavy atom. The molecule has 10 nitrogen and oxygen atoms in total. The summed E-state index contributed by atoms with van der Waals surface area (Å²) >= 11 is 1.39. The first-order valence-electron chi connectivity index (χ1n) is 7.42. The lowest BCUT2D eigenvalue weighted by Crippen LogP contribution is -2.05. The molecule has 0 spiro atoms. The monoisotopic (exact) mass is 360 g/mol. The Balaban J connectivity index is 1.66. The maximum Gasteiger partial charge on any atom is 0.358 e. The standard InChI is InChI=1S/C14H16N8O2S/c1-3-21-11(4-6-16-21)8-17-22-9-15-18-14(22)25-10-20-7-5-12(19-20)13(23)24-2/h4-9H,3,10H2,1-2H3. The zero-order valence-electron chi connectivity index (χ0n) is 13.7. The minimum atomic E-state index is -0.468. The van der Waals surface area contributed by atoms with Crippen LogP contribution in [0.2, 0.25) is 0 Å². The Morgan fingerprint density at radius 3 is 3.12 bits per heavy atom. The van der Waals surface area contributed by atoms with E-state index in [1.165, 1.54) is 25.2 Å². The van der Waals surface area contributed by atoms with Crippen LogP contribution in [-0.4, -0.2) is 53.7 Å². The number of rotatable bonds is 7. The number of aromatic nitrogens is 7. The Morgan fingerprint density at radius 1 is 1.44 bits per heavy atom. The summed E-state index contributed by atoms with van der Waals surface area (Å²) in [6, 6.07) is 3.48. The molecule has 0 amide bonds. The van der Waals surface area contributed by atoms with Gasteiger partial charge in [-0.1, -0.05) is 11.8 Å². The van der Waals surface area contributed by atoms with Crippen LogP contribution in [0.1, 0.15) is 23.1 Å². The van der Waals surface area contributed by atoms with Gasteiger partial charge in [0.25, 0.3) is 0 Å². The summed E-state index contributed by atoms with van der Waals surface area (Å²) in [5.41, 5.74) is 1.15. The second-order valence-corrected chi connectivity index (χ2v) is 5.69. The lowest BCUT2D eigenvalue weighted by atomic mass is 10.4. The minimum Gasteiger partial charge on any atom is -0.464 e. The van der Waals surface area contributed by atoms with E-state index < -0.39 is 5.97 Å². The van der Waals surface area contributed by atoms with Crippen molar-refractivity contribution in [1.82, 2.24) is 34.4 Å². The first-order chi connectivity index (χ1) is 12.2. The molecule has 3 aromatic rings. The van der Waals surface area contributed by atoms with Crippen LogP contribution < -0.4 is 0 Å². The average molecular weight is 360 g/mol. The van der Waals surface area contributed by atoms with E-state index in [1.807, 2.05) is 17.7 Å². The summed E-state index contributed by atoms with van der Waals surface area (Å²) in [4.78, 5) is 11.4. The molecule has 0 N–H and O–H groups in total. The fourth-order valence-corrected chi connectivity index (χ4v) is 2.73. The summed E-state index contributed by atoms with van der Waals surface area (Å²) in [5.74, 6) is -0.0120. The summed E-state index contributed by atoms with van der Waals surface area (Å²) in [5, 5.41) is 21.2. The molecule has 130 valence electrons. The van der Waals surface area contributed by atoms with Gasteiger partial charge in [0.2, 0.25) is 5.16 Å². The predicted molar refractivity (Wildman–Crippen MR) is 90.3 cm³/mol. The van der Waals surface area contributed by atoms with Gasteiger partial charge < -0.3 is 4.74 Å². The van der Waals surface area contributed by atoms with E-state index >= 15 is 0 Å². The van der Waals surface area contributed by atoms with E-state index in [2.05, 4.69) is 30.2 Å². The molecule has 0 aromatic carbocycles. The molecule has 0 saturated heterocycles. The first-order valence-corrected chi connectivity index (χ1v) is 8.40. The molecule has 0 saturated carbocycles. The molecule has 0 aliphatic rings. The van der Waals surface area contributed by atoms with Crippen molar-refractivity contribution in [1.29, 1.82) is 0 Å². The largest absolute Gasteiger partial charge is 0.464 e. The van der Waals surface area contributed by atoms with E-state index in [0.717, 1.165) is 12.2 Å². The van der Waals surface area contributed by atoms with Crippen LogP contribution in [0.5, 0.6) is 0 Å². The van der Waals surface area contributed by atoms with E-state index in [-0.39, 0.29) is 5.69 Å². The van der Waals surface area contributed by atoms with Gasteiger partial charge in [0, 0.05) is 18.9 Å². The predicted octanol–water partition coefficient (Wildman–Crippen LogP) is 1.11. The summed E-state index contributed by atoms with van der Waals surface area (Å²) in [7, 11) is 1.32. The normalized spacial score (nSPS) is 11.3. The van der Waals surface area contributed by atoms with E-state index in [9.17, 15) is 4.79 Å². The quantitative estimate of drug-likeness (QED) is 0.353. The molecule has 0 aliphatic heterocycles. The molecular weight excluding hydrogens is 344 g/mol. The zero-order chi connectivity index (χ0) is 17.6. The van der Waals surface area contributed by atoms with Crippen molar-refractivity contribution < 1.29 is 9.53 Å². The van der Waals surface area contributed by atoms with Gasteiger partial charge in [-0.15, -0.1) is 10.2 Å². The lowest BCUT2D eigenvalue weighted by Gasteiger charge is -2.02. The number of esters is 1. The fourth-order valence-electron chi connectivity index (χ4n) is 2.00. The second-order valence-electron chi connectivity index (χ2n) is 4.78. The van der Waals surface area contributed by atoms with Gasteiger partial charge in [-0.25, -0.2) is 4.79 Å². The summed E-state index contributed by atoms with van der Waals surface area (Å²) < 4.78 is 9.65. The molecule has 0 aliphatic carbocycles. The third kappa shape index (κ3) is 3.94. The molecule has 0 fully saturated rings. The van der Waals surface area contributed by atoms with Crippen LogP contribution in [0.3, 0.4) is 0 Å². The fraction of sp³-hybridized carbons (Fsp3) is 0.286. The number of carbonyl (C=O) groups excluding carboxylic acids is 1. The lowest BCUT2D eigenvalue weighted by molar-refractivity contribution is 0.0593. The number of ether oxygens (including phenoxy) is 1. The topological polar surface area (TPSA) is 105 Å². The molecule has 11 heteroatoms. The molecule has 25 heavy (non-hydrogen) atoms. The SMILES string of the molecule is CCn1nccc1C=Nn1cnnc1SCn1ccc(C(=O)OC)n1. The molecule has 0 radical (unpaired) electrons. The molecular formula is C14H16N8O2S. The zero-order valence-corrected chi connectivity index (χ0v) is 14.5. The molecule has 3 rings (SSSR count). The van der Waals surface area contributed by atoms with Gasteiger partial charge >= 0.3 is 5.97 Å². The van der Waals surface area contributed by atoms with Crippen molar-refractivity contribution >= 4 is 23.9 Å². The van der Waals surface area contributed by atoms with E-state index in [0.29, 0.717) is 11.0 Å². The Bertz CT molecular complexity index is 881. The number of hydrogen-bond donors (Lipinski definition) is 0. The Kier molecular flexibility index (Phi) is 5.23. The van der Waals surface area contributed by atoms with Crippen molar-refractivity contribution in [2.24, 2.45) is 5.10 Å². The Hall–Kier alpha value is -2.95. The van der Waals surface area contributed by atoms with Gasteiger partial charge in [-0.3, -0.25) is 9.36 Å². The molecule has 3 heterocycles. The number of aryl methyl sites for hydroxylation is 1. The van der Waals surface area contributed by atoms with Crippen LogP contribution in [0, 0.1) is 0 Å². The first kappa shape index (κ1) is 16.9. The second kappa shape index (κ2) is 7.75. The third-order valence-electron chi connectivity index (χ3n) is 3.22. The maximum atomic E-state index is 11.4. The smallest absolute Gasteiger partial charge is 0.358 e. The number of thioether (sulfide) groups is 1. The average Bonchev–Trinajstić information content (AvgIpc) is 3.37. The molecule has 0 bridgehead atoms. The van der Waals surface area contributed by atoms with E-state index in [1.54, 1.807) is 34.0 Å². The highest BCUT2D eigenvalue weighted by molar-refractivity contribution is 7.98. The van der Waals surface area contributed by atoms with Crippen LogP contribution >= 0.6 is 11.8 Å². The number of methoxy groups -OCH3 is 1. The highest BCUT2D eigenvalue weighted by Crippen LogP contribution is 2.17. The van der Waals surface area contributed by atoms with Gasteiger partial charge in [0.05, 0.1) is 24.9 Å². The highest BCUT2D eigenvalue weighted by Gasteiger charge is 2.10. The van der Waals surface area contributed by atoms with Gasteiger partial charge in [0.1, 0.15) is 6.33 Å². The van der Waals surface area contributed by atoms with Crippen molar-refractivity contribution in [2.45, 2.75) is 24.5 Å². The molecule has 3 aromatic heterocycles. The van der Waals surface area contributed by atoms with Crippen LogP contribution in [0.15, 0.2) is 41.1 Å². The number of nitrogens with zero attached hydrogens (tertiary/aromatic N) is 8. The maximum absolute atomic E-state index is 11.4. The van der Waals surface area contributed by atoms with Gasteiger partial charge in [0.15, 0.2) is 5.69 Å². The van der Waals surface area contributed by atoms with Crippen LogP contribution in [0.25, 0.3) is 0 Å². The van der Waals surface area contributed by atoms with E-state index in [4.69, 9.17) is 0 Å². The van der Waals surface area contributed by atoms with Gasteiger partial charge in [-0.05, 0) is 19.1 Å². The Labute approximate surface area is 147 Å². The number of hydrogen-bond acceptors (Lipinski definition) is 8. The van der Waals surface area contributed by atoms with Crippen molar-refractivity contribution in [3.05, 3.63) is 42.2 Å². The number of carbonyl (C=O) groups is 1. The van der Waals surface area contributed by atoms with Crippen molar-refractivity contribution in [2.75, 3.05) is 7.11 Å². The van der Waals surface area contributed by atoms with Gasteiger partial charge in [-0.2, -0.15) is 20.0 Å². The third-order valence-corrected chi connectivity index (χ3v) is 4.15. The highest BCUT2D eigenvalue weighted by atomic mass is 32.2. The van der Waals surface area contributed by atoms with Crippen LogP contribution in [0.4, 0.5) is 0 Å². The van der Waals surface area contributed by atoms with Crippen LogP contribution in [-0.2, 0) is 17.2 Å². The van der Waals surface area contributed by atoms with Crippen molar-refractivity contribution in [3.8, 4) is 0 Å². The molecule has 0 unspecified atom stereocenters. The summed E-state index contributed by atoms with van der Waals surface area (Å²) in [6.45, 7) is 2.77. The molecule has 0 atom stereocenters. The summed E-state index contributed by atoms with van der Waals surface area (Å²) in [6.07, 6.45) is 6.65. The van der Waals surface area contributed by atoms with Crippen molar-refractivity contribution in [3.63, 3.8) is 0 Å².